The topological polar surface area (TPSA) is 199 Å². The molecule has 254 valence electrons. The third-order valence-corrected chi connectivity index (χ3v) is 8.18. The molecule has 0 radical (unpaired) electrons. The van der Waals surface area contributed by atoms with E-state index < -0.39 is 80.7 Å². The van der Waals surface area contributed by atoms with Gasteiger partial charge in [0.15, 0.2) is 12.6 Å². The molecule has 12 heteroatoms. The Morgan fingerprint density at radius 1 is 0.727 bits per heavy atom. The first-order valence-corrected chi connectivity index (χ1v) is 15.3. The van der Waals surface area contributed by atoms with Gasteiger partial charge < -0.3 is 59.8 Å². The molecule has 44 heavy (non-hydrogen) atoms. The van der Waals surface area contributed by atoms with Crippen LogP contribution in [0.15, 0.2) is 47.1 Å². The van der Waals surface area contributed by atoms with Crippen molar-refractivity contribution < 1.29 is 59.8 Å². The zero-order valence-electron chi connectivity index (χ0n) is 26.4. The van der Waals surface area contributed by atoms with Gasteiger partial charge in [0.1, 0.15) is 48.8 Å². The number of rotatable bonds is 17. The second kappa shape index (κ2) is 19.2. The lowest BCUT2D eigenvalue weighted by atomic mass is 9.98. The lowest BCUT2D eigenvalue weighted by Crippen LogP contribution is -2.59. The molecule has 0 aromatic heterocycles. The summed E-state index contributed by atoms with van der Waals surface area (Å²) in [6.45, 7) is 10.9. The molecule has 0 amide bonds. The smallest absolute Gasteiger partial charge is 0.187 e. The summed E-state index contributed by atoms with van der Waals surface area (Å²) in [6, 6.07) is 0. The molecule has 12 nitrogen and oxygen atoms in total. The summed E-state index contributed by atoms with van der Waals surface area (Å²) in [5, 5.41) is 79.0. The van der Waals surface area contributed by atoms with Crippen LogP contribution in [0.25, 0.3) is 0 Å². The van der Waals surface area contributed by atoms with Crippen molar-refractivity contribution >= 4 is 0 Å². The Labute approximate surface area is 260 Å². The normalized spacial score (nSPS) is 34.7. The number of ether oxygens (including phenoxy) is 4. The average Bonchev–Trinajstić information content (AvgIpc) is 3.00. The van der Waals surface area contributed by atoms with Crippen molar-refractivity contribution in [3.05, 3.63) is 47.1 Å². The minimum Gasteiger partial charge on any atom is -0.394 e. The molecule has 2 rings (SSSR count). The molecule has 0 bridgehead atoms. The van der Waals surface area contributed by atoms with Crippen LogP contribution in [0.4, 0.5) is 0 Å². The Hall–Kier alpha value is -1.52. The molecule has 2 aliphatic heterocycles. The van der Waals surface area contributed by atoms with Crippen molar-refractivity contribution in [3.63, 3.8) is 0 Å². The molecule has 2 aliphatic rings. The Morgan fingerprint density at radius 2 is 1.23 bits per heavy atom. The van der Waals surface area contributed by atoms with Gasteiger partial charge in [0.05, 0.1) is 25.9 Å². The molecular weight excluding hydrogens is 576 g/mol. The van der Waals surface area contributed by atoms with E-state index in [0.29, 0.717) is 6.42 Å². The molecule has 0 spiro atoms. The Morgan fingerprint density at radius 3 is 1.75 bits per heavy atom. The van der Waals surface area contributed by atoms with Gasteiger partial charge in [-0.25, -0.2) is 0 Å². The second-order valence-corrected chi connectivity index (χ2v) is 11.8. The maximum Gasteiger partial charge on any atom is 0.187 e. The fourth-order valence-electron chi connectivity index (χ4n) is 5.08. The summed E-state index contributed by atoms with van der Waals surface area (Å²) in [7, 11) is 0. The Bertz CT molecular complexity index is 961. The monoisotopic (exact) mass is 630 g/mol. The van der Waals surface area contributed by atoms with Gasteiger partial charge in [0.25, 0.3) is 0 Å². The van der Waals surface area contributed by atoms with Crippen molar-refractivity contribution in [2.45, 2.75) is 134 Å². The van der Waals surface area contributed by atoms with Crippen LogP contribution in [0, 0.1) is 0 Å². The van der Waals surface area contributed by atoms with Gasteiger partial charge in [-0.2, -0.15) is 0 Å². The van der Waals surface area contributed by atoms with E-state index in [0.717, 1.165) is 43.3 Å². The van der Waals surface area contributed by atoms with Crippen LogP contribution in [0.2, 0.25) is 0 Å². The van der Waals surface area contributed by atoms with E-state index in [1.54, 1.807) is 0 Å². The highest BCUT2D eigenvalue weighted by molar-refractivity contribution is 5.08. The van der Waals surface area contributed by atoms with Crippen LogP contribution in [0.3, 0.4) is 0 Å². The number of allylic oxidation sites excluding steroid dienone is 5. The summed E-state index contributed by atoms with van der Waals surface area (Å²) in [4.78, 5) is 0. The molecule has 1 unspecified atom stereocenters. The van der Waals surface area contributed by atoms with E-state index in [9.17, 15) is 40.9 Å². The van der Waals surface area contributed by atoms with Gasteiger partial charge in [0, 0.05) is 0 Å². The highest BCUT2D eigenvalue weighted by Gasteiger charge is 2.45. The van der Waals surface area contributed by atoms with Crippen molar-refractivity contribution in [2.75, 3.05) is 19.8 Å². The van der Waals surface area contributed by atoms with E-state index in [1.807, 2.05) is 26.8 Å². The predicted molar refractivity (Wildman–Crippen MR) is 162 cm³/mol. The fraction of sp³-hybridized carbons (Fsp3) is 0.750. The van der Waals surface area contributed by atoms with Crippen LogP contribution >= 0.6 is 0 Å². The number of hydrogen-bond donors (Lipinski definition) is 8. The highest BCUT2D eigenvalue weighted by Crippen LogP contribution is 2.27. The molecule has 0 aromatic carbocycles. The van der Waals surface area contributed by atoms with E-state index in [1.165, 1.54) is 11.1 Å². The third-order valence-electron chi connectivity index (χ3n) is 8.18. The first-order chi connectivity index (χ1) is 20.8. The highest BCUT2D eigenvalue weighted by atomic mass is 16.7. The first kappa shape index (κ1) is 38.7. The summed E-state index contributed by atoms with van der Waals surface area (Å²) in [5.74, 6) is 0. The maximum absolute atomic E-state index is 10.3. The third kappa shape index (κ3) is 11.4. The van der Waals surface area contributed by atoms with Crippen molar-refractivity contribution in [3.8, 4) is 0 Å². The molecule has 0 aromatic rings. The summed E-state index contributed by atoms with van der Waals surface area (Å²) in [6.07, 6.45) is -2.71. The standard InChI is InChI=1S/C32H54O12/c1-6-21(17-41-31-29(39)27(37)25(35)23(15-33)43-31)12-8-11-19(4)9-7-10-20(5)13-14-22(18(2)3)42-32-30(40)28(38)26(36)24(16-34)44-32/h6,10-11,22-40H,2,7-9,12-17H2,1,3-5H3/b19-11+,20-10+,21-6-/t22?,23-,24-,25-,26-,27+,28+,29-,30-,31-,32-/m1/s1. The number of hydrogen-bond acceptors (Lipinski definition) is 12. The number of aliphatic hydroxyl groups excluding tert-OH is 8. The average molecular weight is 631 g/mol. The van der Waals surface area contributed by atoms with Gasteiger partial charge in [-0.1, -0.05) is 41.5 Å². The van der Waals surface area contributed by atoms with Gasteiger partial charge in [0.2, 0.25) is 0 Å². The van der Waals surface area contributed by atoms with Crippen molar-refractivity contribution in [2.24, 2.45) is 0 Å². The molecule has 2 saturated heterocycles. The maximum atomic E-state index is 10.3. The van der Waals surface area contributed by atoms with Crippen LogP contribution in [0.1, 0.15) is 66.2 Å². The Balaban J connectivity index is 1.76. The van der Waals surface area contributed by atoms with E-state index in [-0.39, 0.29) is 6.61 Å². The molecule has 2 heterocycles. The molecular formula is C32H54O12. The van der Waals surface area contributed by atoms with E-state index in [2.05, 4.69) is 25.7 Å². The minimum atomic E-state index is -1.50. The SMILES string of the molecule is C=C(C)C(CC/C(C)=C/CC/C(C)=C/CC/C(=C/C)CO[C@@H]1O[C@H](CO)[C@@H](O)[C@H](O)[C@H]1O)O[C@@H]1O[C@H](CO)[C@@H](O)[C@H](O)[C@H]1O. The van der Waals surface area contributed by atoms with Crippen molar-refractivity contribution in [1.29, 1.82) is 0 Å². The lowest BCUT2D eigenvalue weighted by molar-refractivity contribution is -0.308. The second-order valence-electron chi connectivity index (χ2n) is 11.8. The lowest BCUT2D eigenvalue weighted by Gasteiger charge is -2.41. The first-order valence-electron chi connectivity index (χ1n) is 15.3. The zero-order chi connectivity index (χ0) is 33.0. The zero-order valence-corrected chi connectivity index (χ0v) is 26.4. The summed E-state index contributed by atoms with van der Waals surface area (Å²) in [5.41, 5.74) is 4.13. The van der Waals surface area contributed by atoms with Crippen molar-refractivity contribution in [1.82, 2.24) is 0 Å². The predicted octanol–water partition coefficient (Wildman–Crippen LogP) is 0.744. The Kier molecular flexibility index (Phi) is 16.9. The molecule has 0 aliphatic carbocycles. The van der Waals surface area contributed by atoms with Gasteiger partial charge in [-0.3, -0.25) is 0 Å². The summed E-state index contributed by atoms with van der Waals surface area (Å²) >= 11 is 0. The van der Waals surface area contributed by atoms with E-state index in [4.69, 9.17) is 18.9 Å². The van der Waals surface area contributed by atoms with E-state index >= 15 is 0 Å². The molecule has 11 atom stereocenters. The quantitative estimate of drug-likeness (QED) is 0.105. The van der Waals surface area contributed by atoms with Gasteiger partial charge in [-0.15, -0.1) is 0 Å². The van der Waals surface area contributed by atoms with Crippen LogP contribution in [-0.4, -0.2) is 128 Å². The van der Waals surface area contributed by atoms with Crippen LogP contribution < -0.4 is 0 Å². The van der Waals surface area contributed by atoms with Crippen LogP contribution in [-0.2, 0) is 18.9 Å². The number of aliphatic hydroxyl groups is 8. The van der Waals surface area contributed by atoms with Gasteiger partial charge in [-0.05, 0) is 71.8 Å². The summed E-state index contributed by atoms with van der Waals surface area (Å²) < 4.78 is 22.4. The molecule has 8 N–H and O–H groups in total. The fourth-order valence-corrected chi connectivity index (χ4v) is 5.08. The molecule has 0 saturated carbocycles. The van der Waals surface area contributed by atoms with Gasteiger partial charge >= 0.3 is 0 Å². The minimum absolute atomic E-state index is 0.180. The molecule has 2 fully saturated rings. The van der Waals surface area contributed by atoms with Crippen LogP contribution in [0.5, 0.6) is 0 Å². The largest absolute Gasteiger partial charge is 0.394 e.